The molecule has 0 saturated carbocycles. The number of nitrogens with one attached hydrogen (secondary N) is 1. The van der Waals surface area contributed by atoms with Crippen molar-refractivity contribution in [2.24, 2.45) is 0 Å². The zero-order valence-electron chi connectivity index (χ0n) is 6.95. The minimum absolute atomic E-state index is 0.534. The molecule has 0 aliphatic carbocycles. The monoisotopic (exact) mass is 165 g/mol. The van der Waals surface area contributed by atoms with Crippen LogP contribution in [-0.2, 0) is 4.79 Å². The summed E-state index contributed by atoms with van der Waals surface area (Å²) >= 11 is 0. The van der Waals surface area contributed by atoms with Crippen LogP contribution in [-0.4, -0.2) is 17.9 Å². The van der Waals surface area contributed by atoms with Gasteiger partial charge in [0, 0.05) is 5.54 Å². The summed E-state index contributed by atoms with van der Waals surface area (Å²) in [5.74, 6) is -1.20. The summed E-state index contributed by atoms with van der Waals surface area (Å²) in [4.78, 5) is 10.5. The fourth-order valence-corrected chi connectivity index (χ4v) is 0.476. The summed E-state index contributed by atoms with van der Waals surface area (Å²) < 4.78 is 23.4. The zero-order valence-corrected chi connectivity index (χ0v) is 6.95. The number of carbonyl (C=O) groups excluding carboxylic acids is 1. The highest BCUT2D eigenvalue weighted by Crippen LogP contribution is 2.07. The van der Waals surface area contributed by atoms with Crippen molar-refractivity contribution < 1.29 is 13.6 Å². The smallest absolute Gasteiger partial charge is 0.315 e. The fourth-order valence-electron chi connectivity index (χ4n) is 0.476. The molecule has 0 atom stereocenters. The number of hydrogen-bond donors (Lipinski definition) is 1. The normalized spacial score (nSPS) is 11.8. The lowest BCUT2D eigenvalue weighted by Gasteiger charge is -2.23. The second kappa shape index (κ2) is 3.64. The molecule has 0 heterocycles. The standard InChI is InChI=1S/C7H13F2NO/c1-4-7(2,3)10-6(11)5(8)9/h5H,4H2,1-3H3,(H,10,11). The van der Waals surface area contributed by atoms with Crippen LogP contribution in [0.5, 0.6) is 0 Å². The molecule has 0 bridgehead atoms. The van der Waals surface area contributed by atoms with Gasteiger partial charge in [0.2, 0.25) is 0 Å². The molecule has 0 aromatic carbocycles. The van der Waals surface area contributed by atoms with Crippen molar-refractivity contribution in [1.82, 2.24) is 5.32 Å². The number of alkyl halides is 2. The van der Waals surface area contributed by atoms with Gasteiger partial charge in [0.15, 0.2) is 0 Å². The molecule has 0 spiro atoms. The Labute approximate surface area is 65.0 Å². The maximum absolute atomic E-state index is 11.7. The number of halogens is 2. The first-order chi connectivity index (χ1) is 4.89. The summed E-state index contributed by atoms with van der Waals surface area (Å²) in [6.45, 7) is 5.23. The largest absolute Gasteiger partial charge is 0.346 e. The predicted molar refractivity (Wildman–Crippen MR) is 38.5 cm³/mol. The number of amides is 1. The molecule has 0 saturated heterocycles. The van der Waals surface area contributed by atoms with E-state index >= 15 is 0 Å². The maximum atomic E-state index is 11.7. The van der Waals surface area contributed by atoms with Gasteiger partial charge in [0.05, 0.1) is 0 Å². The van der Waals surface area contributed by atoms with Crippen LogP contribution < -0.4 is 5.32 Å². The number of carbonyl (C=O) groups is 1. The summed E-state index contributed by atoms with van der Waals surface area (Å²) in [5.41, 5.74) is -0.534. The summed E-state index contributed by atoms with van der Waals surface area (Å²) in [6.07, 6.45) is -2.29. The summed E-state index contributed by atoms with van der Waals surface area (Å²) in [7, 11) is 0. The molecule has 11 heavy (non-hydrogen) atoms. The van der Waals surface area contributed by atoms with Gasteiger partial charge in [0.25, 0.3) is 5.91 Å². The van der Waals surface area contributed by atoms with E-state index in [9.17, 15) is 13.6 Å². The minimum Gasteiger partial charge on any atom is -0.346 e. The van der Waals surface area contributed by atoms with Gasteiger partial charge >= 0.3 is 6.43 Å². The Kier molecular flexibility index (Phi) is 3.42. The van der Waals surface area contributed by atoms with Gasteiger partial charge in [0.1, 0.15) is 0 Å². The van der Waals surface area contributed by atoms with E-state index in [2.05, 4.69) is 5.32 Å². The van der Waals surface area contributed by atoms with Crippen molar-refractivity contribution in [3.8, 4) is 0 Å². The highest BCUT2D eigenvalue weighted by atomic mass is 19.3. The van der Waals surface area contributed by atoms with Crippen molar-refractivity contribution in [3.63, 3.8) is 0 Å². The molecular weight excluding hydrogens is 152 g/mol. The molecule has 0 aliphatic heterocycles. The molecular formula is C7H13F2NO. The van der Waals surface area contributed by atoms with Crippen LogP contribution >= 0.6 is 0 Å². The minimum atomic E-state index is -2.92. The van der Waals surface area contributed by atoms with E-state index in [-0.39, 0.29) is 0 Å². The van der Waals surface area contributed by atoms with Gasteiger partial charge < -0.3 is 5.32 Å². The van der Waals surface area contributed by atoms with Gasteiger partial charge in [-0.2, -0.15) is 8.78 Å². The summed E-state index contributed by atoms with van der Waals surface area (Å²) in [6, 6.07) is 0. The molecule has 0 unspecified atom stereocenters. The van der Waals surface area contributed by atoms with E-state index in [0.29, 0.717) is 6.42 Å². The van der Waals surface area contributed by atoms with Crippen molar-refractivity contribution in [2.45, 2.75) is 39.2 Å². The first-order valence-electron chi connectivity index (χ1n) is 3.49. The van der Waals surface area contributed by atoms with Gasteiger partial charge in [-0.25, -0.2) is 0 Å². The van der Waals surface area contributed by atoms with Crippen molar-refractivity contribution in [2.75, 3.05) is 0 Å². The van der Waals surface area contributed by atoms with E-state index < -0.39 is 17.9 Å². The lowest BCUT2D eigenvalue weighted by molar-refractivity contribution is -0.133. The first kappa shape index (κ1) is 10.3. The Morgan fingerprint density at radius 2 is 2.00 bits per heavy atom. The third kappa shape index (κ3) is 3.91. The topological polar surface area (TPSA) is 29.1 Å². The lowest BCUT2D eigenvalue weighted by Crippen LogP contribution is -2.45. The molecule has 0 rings (SSSR count). The number of hydrogen-bond acceptors (Lipinski definition) is 1. The second-order valence-electron chi connectivity index (χ2n) is 3.03. The fraction of sp³-hybridized carbons (Fsp3) is 0.857. The van der Waals surface area contributed by atoms with E-state index in [1.54, 1.807) is 13.8 Å². The predicted octanol–water partition coefficient (Wildman–Crippen LogP) is 1.56. The maximum Gasteiger partial charge on any atom is 0.315 e. The van der Waals surface area contributed by atoms with Crippen molar-refractivity contribution in [1.29, 1.82) is 0 Å². The van der Waals surface area contributed by atoms with Crippen LogP contribution in [0, 0.1) is 0 Å². The average Bonchev–Trinajstić information content (AvgIpc) is 1.87. The van der Waals surface area contributed by atoms with Gasteiger partial charge in [-0.1, -0.05) is 6.92 Å². The Bertz CT molecular complexity index is 145. The van der Waals surface area contributed by atoms with Crippen LogP contribution in [0.3, 0.4) is 0 Å². The van der Waals surface area contributed by atoms with Crippen LogP contribution in [0.4, 0.5) is 8.78 Å². The number of rotatable bonds is 3. The zero-order chi connectivity index (χ0) is 9.07. The van der Waals surface area contributed by atoms with Crippen LogP contribution in [0.1, 0.15) is 27.2 Å². The van der Waals surface area contributed by atoms with Crippen LogP contribution in [0.25, 0.3) is 0 Å². The molecule has 0 aliphatic rings. The Hall–Kier alpha value is -0.670. The van der Waals surface area contributed by atoms with E-state index in [1.165, 1.54) is 0 Å². The molecule has 0 fully saturated rings. The second-order valence-corrected chi connectivity index (χ2v) is 3.03. The molecule has 0 aromatic rings. The quantitative estimate of drug-likeness (QED) is 0.675. The van der Waals surface area contributed by atoms with Gasteiger partial charge in [-0.15, -0.1) is 0 Å². The molecule has 1 N–H and O–H groups in total. The highest BCUT2D eigenvalue weighted by Gasteiger charge is 2.23. The first-order valence-corrected chi connectivity index (χ1v) is 3.49. The Balaban J connectivity index is 3.94. The average molecular weight is 165 g/mol. The Morgan fingerprint density at radius 3 is 2.27 bits per heavy atom. The van der Waals surface area contributed by atoms with Gasteiger partial charge in [-0.3, -0.25) is 4.79 Å². The Morgan fingerprint density at radius 1 is 1.55 bits per heavy atom. The highest BCUT2D eigenvalue weighted by molar-refractivity contribution is 5.79. The van der Waals surface area contributed by atoms with Crippen LogP contribution in [0.15, 0.2) is 0 Å². The molecule has 0 aromatic heterocycles. The van der Waals surface area contributed by atoms with E-state index in [1.807, 2.05) is 6.92 Å². The third-order valence-electron chi connectivity index (χ3n) is 1.54. The van der Waals surface area contributed by atoms with Crippen molar-refractivity contribution in [3.05, 3.63) is 0 Å². The SMILES string of the molecule is CCC(C)(C)NC(=O)C(F)F. The molecule has 0 radical (unpaired) electrons. The lowest BCUT2D eigenvalue weighted by atomic mass is 10.0. The molecule has 1 amide bonds. The van der Waals surface area contributed by atoms with Crippen LogP contribution in [0.2, 0.25) is 0 Å². The summed E-state index contributed by atoms with van der Waals surface area (Å²) in [5, 5.41) is 2.22. The molecule has 4 heteroatoms. The third-order valence-corrected chi connectivity index (χ3v) is 1.54. The van der Waals surface area contributed by atoms with Gasteiger partial charge in [-0.05, 0) is 20.3 Å². The van der Waals surface area contributed by atoms with Crippen molar-refractivity contribution >= 4 is 5.91 Å². The molecule has 66 valence electrons. The van der Waals surface area contributed by atoms with E-state index in [0.717, 1.165) is 0 Å². The molecule has 2 nitrogen and oxygen atoms in total. The van der Waals surface area contributed by atoms with E-state index in [4.69, 9.17) is 0 Å².